The first-order chi connectivity index (χ1) is 15.0. The molecular weight excluding hydrogens is 435 g/mol. The number of carbonyl (C=O) groups is 1. The van der Waals surface area contributed by atoms with Gasteiger partial charge in [-0.25, -0.2) is 4.68 Å². The molecule has 1 aliphatic rings. The van der Waals surface area contributed by atoms with Crippen LogP contribution in [0.2, 0.25) is 10.0 Å². The fraction of sp³-hybridized carbons (Fsp3) is 0.261. The van der Waals surface area contributed by atoms with Gasteiger partial charge in [0.2, 0.25) is 0 Å². The normalized spacial score (nSPS) is 14.4. The lowest BCUT2D eigenvalue weighted by Crippen LogP contribution is -2.36. The van der Waals surface area contributed by atoms with Gasteiger partial charge < -0.3 is 9.80 Å². The molecule has 1 fully saturated rings. The Morgan fingerprint density at radius 3 is 2.55 bits per heavy atom. The van der Waals surface area contributed by atoms with E-state index in [0.717, 1.165) is 12.0 Å². The van der Waals surface area contributed by atoms with Gasteiger partial charge in [0.25, 0.3) is 11.5 Å². The molecule has 2 aromatic carbocycles. The molecule has 6 nitrogen and oxygen atoms in total. The molecule has 3 aromatic rings. The Balaban J connectivity index is 1.48. The first-order valence-corrected chi connectivity index (χ1v) is 10.9. The van der Waals surface area contributed by atoms with Crippen LogP contribution in [0.3, 0.4) is 0 Å². The number of hydrogen-bond donors (Lipinski definition) is 0. The van der Waals surface area contributed by atoms with E-state index in [1.54, 1.807) is 30.5 Å². The summed E-state index contributed by atoms with van der Waals surface area (Å²) in [6.07, 6.45) is 2.40. The van der Waals surface area contributed by atoms with Crippen molar-refractivity contribution >= 4 is 34.8 Å². The van der Waals surface area contributed by atoms with Crippen molar-refractivity contribution < 1.29 is 4.79 Å². The van der Waals surface area contributed by atoms with Crippen LogP contribution in [0.4, 0.5) is 5.69 Å². The van der Waals surface area contributed by atoms with Gasteiger partial charge in [0, 0.05) is 36.8 Å². The Morgan fingerprint density at radius 1 is 0.968 bits per heavy atom. The lowest BCUT2D eigenvalue weighted by atomic mass is 10.2. The standard InChI is InChI=1S/C23H22Cl2N4O2/c24-19-9-4-8-18(14-19)22(30)28-11-5-10-27(12-13-28)20-15-26-29(23(31)21(20)25)16-17-6-2-1-3-7-17/h1-4,6-9,14-15H,5,10-13,16H2. The quantitative estimate of drug-likeness (QED) is 0.596. The third-order valence-electron chi connectivity index (χ3n) is 5.34. The second-order valence-electron chi connectivity index (χ2n) is 7.44. The molecule has 0 aliphatic carbocycles. The molecule has 160 valence electrons. The van der Waals surface area contributed by atoms with E-state index < -0.39 is 0 Å². The number of rotatable bonds is 4. The van der Waals surface area contributed by atoms with E-state index >= 15 is 0 Å². The fourth-order valence-corrected chi connectivity index (χ4v) is 4.17. The van der Waals surface area contributed by atoms with Gasteiger partial charge >= 0.3 is 0 Å². The van der Waals surface area contributed by atoms with Crippen molar-refractivity contribution in [1.82, 2.24) is 14.7 Å². The first-order valence-electron chi connectivity index (χ1n) is 10.1. The molecule has 4 rings (SSSR count). The summed E-state index contributed by atoms with van der Waals surface area (Å²) in [4.78, 5) is 29.5. The number of benzene rings is 2. The van der Waals surface area contributed by atoms with Crippen molar-refractivity contribution in [3.63, 3.8) is 0 Å². The summed E-state index contributed by atoms with van der Waals surface area (Å²) in [5.74, 6) is -0.0492. The lowest BCUT2D eigenvalue weighted by Gasteiger charge is -2.24. The number of aromatic nitrogens is 2. The summed E-state index contributed by atoms with van der Waals surface area (Å²) >= 11 is 12.5. The molecule has 0 unspecified atom stereocenters. The molecule has 0 saturated carbocycles. The topological polar surface area (TPSA) is 58.4 Å². The van der Waals surface area contributed by atoms with Gasteiger partial charge in [-0.2, -0.15) is 5.10 Å². The van der Waals surface area contributed by atoms with Crippen molar-refractivity contribution in [2.24, 2.45) is 0 Å². The third kappa shape index (κ3) is 4.92. The summed E-state index contributed by atoms with van der Waals surface area (Å²) in [6, 6.07) is 16.6. The van der Waals surface area contributed by atoms with Gasteiger partial charge in [0.1, 0.15) is 5.02 Å². The number of nitrogens with zero attached hydrogens (tertiary/aromatic N) is 4. The molecule has 0 spiro atoms. The smallest absolute Gasteiger partial charge is 0.287 e. The Kier molecular flexibility index (Phi) is 6.59. The van der Waals surface area contributed by atoms with Gasteiger partial charge in [0.15, 0.2) is 0 Å². The van der Waals surface area contributed by atoms with E-state index in [2.05, 4.69) is 5.10 Å². The average molecular weight is 457 g/mol. The van der Waals surface area contributed by atoms with Gasteiger partial charge in [-0.1, -0.05) is 59.6 Å². The van der Waals surface area contributed by atoms with E-state index in [0.29, 0.717) is 49.0 Å². The molecule has 0 bridgehead atoms. The Labute approximate surface area is 190 Å². The molecule has 0 atom stereocenters. The number of hydrogen-bond acceptors (Lipinski definition) is 4. The summed E-state index contributed by atoms with van der Waals surface area (Å²) in [5, 5.41) is 5.03. The minimum absolute atomic E-state index is 0.0492. The SMILES string of the molecule is O=C(c1cccc(Cl)c1)N1CCCN(c2cnn(Cc3ccccc3)c(=O)c2Cl)CC1. The highest BCUT2D eigenvalue weighted by Gasteiger charge is 2.23. The molecule has 1 aromatic heterocycles. The predicted molar refractivity (Wildman–Crippen MR) is 123 cm³/mol. The Morgan fingerprint density at radius 2 is 1.77 bits per heavy atom. The number of amides is 1. The minimum atomic E-state index is -0.320. The third-order valence-corrected chi connectivity index (χ3v) is 5.93. The summed E-state index contributed by atoms with van der Waals surface area (Å²) in [5.41, 5.74) is 1.84. The van der Waals surface area contributed by atoms with Crippen molar-refractivity contribution in [1.29, 1.82) is 0 Å². The van der Waals surface area contributed by atoms with E-state index in [9.17, 15) is 9.59 Å². The van der Waals surface area contributed by atoms with Crippen LogP contribution in [0.15, 0.2) is 65.6 Å². The van der Waals surface area contributed by atoms with E-state index in [4.69, 9.17) is 23.2 Å². The van der Waals surface area contributed by atoms with Crippen molar-refractivity contribution in [3.05, 3.63) is 92.3 Å². The molecule has 1 aliphatic heterocycles. The van der Waals surface area contributed by atoms with Crippen LogP contribution in [0, 0.1) is 0 Å². The highest BCUT2D eigenvalue weighted by Crippen LogP contribution is 2.23. The second kappa shape index (κ2) is 9.54. The summed E-state index contributed by atoms with van der Waals surface area (Å²) in [7, 11) is 0. The van der Waals surface area contributed by atoms with Crippen LogP contribution in [-0.2, 0) is 6.54 Å². The van der Waals surface area contributed by atoms with Crippen molar-refractivity contribution in [3.8, 4) is 0 Å². The Bertz CT molecular complexity index is 1130. The maximum atomic E-state index is 12.8. The molecule has 0 N–H and O–H groups in total. The van der Waals surface area contributed by atoms with Crippen molar-refractivity contribution in [2.75, 3.05) is 31.1 Å². The van der Waals surface area contributed by atoms with Crippen LogP contribution < -0.4 is 10.5 Å². The van der Waals surface area contributed by atoms with Gasteiger partial charge in [0.05, 0.1) is 18.4 Å². The minimum Gasteiger partial charge on any atom is -0.367 e. The van der Waals surface area contributed by atoms with Crippen LogP contribution in [0.5, 0.6) is 0 Å². The maximum absolute atomic E-state index is 12.8. The fourth-order valence-electron chi connectivity index (χ4n) is 3.71. The van der Waals surface area contributed by atoms with Crippen LogP contribution in [-0.4, -0.2) is 46.8 Å². The predicted octanol–water partition coefficient (Wildman–Crippen LogP) is 3.95. The Hall–Kier alpha value is -2.83. The number of halogens is 2. The van der Waals surface area contributed by atoms with Gasteiger partial charge in [-0.05, 0) is 30.2 Å². The van der Waals surface area contributed by atoms with Crippen LogP contribution in [0.25, 0.3) is 0 Å². The largest absolute Gasteiger partial charge is 0.367 e. The van der Waals surface area contributed by atoms with E-state index in [1.165, 1.54) is 4.68 Å². The van der Waals surface area contributed by atoms with Gasteiger partial charge in [-0.15, -0.1) is 0 Å². The average Bonchev–Trinajstić information content (AvgIpc) is 3.03. The van der Waals surface area contributed by atoms with Crippen LogP contribution in [0.1, 0.15) is 22.3 Å². The first kappa shape index (κ1) is 21.4. The summed E-state index contributed by atoms with van der Waals surface area (Å²) < 4.78 is 1.37. The zero-order valence-corrected chi connectivity index (χ0v) is 18.4. The zero-order chi connectivity index (χ0) is 21.8. The maximum Gasteiger partial charge on any atom is 0.287 e. The van der Waals surface area contributed by atoms with Crippen LogP contribution >= 0.6 is 23.2 Å². The lowest BCUT2D eigenvalue weighted by molar-refractivity contribution is 0.0767. The highest BCUT2D eigenvalue weighted by molar-refractivity contribution is 6.33. The number of anilines is 1. The van der Waals surface area contributed by atoms with Gasteiger partial charge in [-0.3, -0.25) is 9.59 Å². The summed E-state index contributed by atoms with van der Waals surface area (Å²) in [6.45, 7) is 2.76. The molecule has 1 amide bonds. The van der Waals surface area contributed by atoms with E-state index in [1.807, 2.05) is 40.1 Å². The van der Waals surface area contributed by atoms with E-state index in [-0.39, 0.29) is 16.5 Å². The molecule has 1 saturated heterocycles. The monoisotopic (exact) mass is 456 g/mol. The zero-order valence-electron chi connectivity index (χ0n) is 16.9. The highest BCUT2D eigenvalue weighted by atomic mass is 35.5. The molecule has 2 heterocycles. The second-order valence-corrected chi connectivity index (χ2v) is 8.25. The molecule has 31 heavy (non-hydrogen) atoms. The molecule has 0 radical (unpaired) electrons. The molecular formula is C23H22Cl2N4O2. The van der Waals surface area contributed by atoms with Crippen molar-refractivity contribution in [2.45, 2.75) is 13.0 Å². The number of carbonyl (C=O) groups excluding carboxylic acids is 1. The molecule has 8 heteroatoms.